The minimum Gasteiger partial charge on any atom is -0.453 e. The number of Topliss-reactive ketones (excluding diaryl/α,β-unsaturated/α-hetero) is 1. The molecule has 0 aromatic rings. The molecule has 0 saturated carbocycles. The molecule has 0 rings (SSSR count). The quantitative estimate of drug-likeness (QED) is 0.568. The lowest BCUT2D eigenvalue weighted by Gasteiger charge is -2.04. The number of ketones is 1. The average molecular weight is 452 g/mol. The van der Waals surface area contributed by atoms with Crippen LogP contribution in [0.5, 0.6) is 0 Å². The van der Waals surface area contributed by atoms with E-state index in [0.717, 1.165) is 0 Å². The lowest BCUT2D eigenvalue weighted by atomic mass is 10.4. The molecule has 0 heterocycles. The van der Waals surface area contributed by atoms with Gasteiger partial charge in [0.05, 0.1) is 13.2 Å². The Labute approximate surface area is 190 Å². The molecule has 0 radical (unpaired) electrons. The van der Waals surface area contributed by atoms with Crippen molar-refractivity contribution in [3.63, 3.8) is 0 Å². The molecule has 0 bridgehead atoms. The van der Waals surface area contributed by atoms with Gasteiger partial charge < -0.3 is 25.4 Å². The number of hydrogen-bond acceptors (Lipinski definition) is 6. The van der Waals surface area contributed by atoms with E-state index in [0.29, 0.717) is 0 Å². The first-order chi connectivity index (χ1) is 13.5. The van der Waals surface area contributed by atoms with Crippen molar-refractivity contribution in [1.82, 2.24) is 16.0 Å². The molecular weight excluding hydrogens is 402 g/mol. The summed E-state index contributed by atoms with van der Waals surface area (Å²) in [5, 5.41) is 7.86. The highest BCUT2D eigenvalue weighted by Crippen LogP contribution is 1.85. The van der Waals surface area contributed by atoms with Crippen molar-refractivity contribution in [2.45, 2.75) is 108 Å². The highest BCUT2D eigenvalue weighted by Gasteiger charge is 1.98. The fourth-order valence-corrected chi connectivity index (χ4v) is 1.39. The predicted molar refractivity (Wildman–Crippen MR) is 127 cm³/mol. The average Bonchev–Trinajstić information content (AvgIpc) is 2.51. The largest absolute Gasteiger partial charge is 0.453 e. The van der Waals surface area contributed by atoms with Gasteiger partial charge in [0.2, 0.25) is 11.8 Å². The Morgan fingerprint density at radius 3 is 1.06 bits per heavy atom. The van der Waals surface area contributed by atoms with Gasteiger partial charge in [-0.1, -0.05) is 7.43 Å². The van der Waals surface area contributed by atoms with E-state index < -0.39 is 0 Å². The van der Waals surface area contributed by atoms with E-state index >= 15 is 0 Å². The van der Waals surface area contributed by atoms with Gasteiger partial charge >= 0.3 is 6.09 Å². The van der Waals surface area contributed by atoms with Gasteiger partial charge in [0.25, 0.3) is 0 Å². The van der Waals surface area contributed by atoms with Crippen molar-refractivity contribution < 1.29 is 28.7 Å². The molecule has 0 fully saturated rings. The van der Waals surface area contributed by atoms with Crippen LogP contribution in [0.1, 0.15) is 83.6 Å². The summed E-state index contributed by atoms with van der Waals surface area (Å²) in [5.41, 5.74) is 0. The number of nitrogens with one attached hydrogen (secondary N) is 3. The molecule has 0 aliphatic carbocycles. The SMILES string of the molecule is C.CC(=O)COC(C)C.CC(=O)NC(C)C.CC(=O)NC(C)C.COC(=O)NC(C)C. The standard InChI is InChI=1S/C6H12O2.C5H11NO2.2C5H11NO.CH4/c1-5(2)8-4-6(3)7;1-4(2)6-5(7)8-3;2*1-4(2)6-5(3)7;/h5H,4H2,1-3H3;4H,1-3H3,(H,6,7);2*4H,1-3H3,(H,6,7);1H4. The molecule has 0 saturated heterocycles. The Morgan fingerprint density at radius 1 is 0.677 bits per heavy atom. The van der Waals surface area contributed by atoms with Crippen molar-refractivity contribution in [3.8, 4) is 0 Å². The highest BCUT2D eigenvalue weighted by atomic mass is 16.5. The third kappa shape index (κ3) is 65.5. The third-order valence-electron chi connectivity index (χ3n) is 2.20. The smallest absolute Gasteiger partial charge is 0.407 e. The zero-order valence-electron chi connectivity index (χ0n) is 21.0. The highest BCUT2D eigenvalue weighted by molar-refractivity contribution is 5.76. The van der Waals surface area contributed by atoms with Crippen LogP contribution in [0.4, 0.5) is 4.79 Å². The number of hydrogen-bond donors (Lipinski definition) is 3. The van der Waals surface area contributed by atoms with Crippen LogP contribution >= 0.6 is 0 Å². The molecule has 0 aliphatic heterocycles. The topological polar surface area (TPSA) is 123 Å². The monoisotopic (exact) mass is 451 g/mol. The van der Waals surface area contributed by atoms with Gasteiger partial charge in [0.15, 0.2) is 5.78 Å². The molecule has 9 heteroatoms. The zero-order chi connectivity index (χ0) is 24.9. The zero-order valence-corrected chi connectivity index (χ0v) is 21.0. The second-order valence-corrected chi connectivity index (χ2v) is 7.56. The van der Waals surface area contributed by atoms with Crippen molar-refractivity contribution in [1.29, 1.82) is 0 Å². The number of carbonyl (C=O) groups is 4. The minimum absolute atomic E-state index is 0. The summed E-state index contributed by atoms with van der Waals surface area (Å²) < 4.78 is 9.26. The fraction of sp³-hybridized carbons (Fsp3) is 0.818. The summed E-state index contributed by atoms with van der Waals surface area (Å²) in [5.74, 6) is 0.156. The van der Waals surface area contributed by atoms with E-state index in [1.807, 2.05) is 55.4 Å². The van der Waals surface area contributed by atoms with Crippen molar-refractivity contribution >= 4 is 23.7 Å². The van der Waals surface area contributed by atoms with Gasteiger partial charge in [-0.15, -0.1) is 0 Å². The normalized spacial score (nSPS) is 9.03. The van der Waals surface area contributed by atoms with Crippen LogP contribution < -0.4 is 16.0 Å². The fourth-order valence-electron chi connectivity index (χ4n) is 1.39. The Balaban J connectivity index is -0.0000000961. The van der Waals surface area contributed by atoms with E-state index in [1.165, 1.54) is 27.9 Å². The van der Waals surface area contributed by atoms with Gasteiger partial charge in [-0.05, 0) is 62.3 Å². The molecule has 0 aromatic heterocycles. The van der Waals surface area contributed by atoms with E-state index in [9.17, 15) is 19.2 Å². The lowest BCUT2D eigenvalue weighted by molar-refractivity contribution is -0.123. The maximum absolute atomic E-state index is 10.3. The number of ether oxygens (including phenoxy) is 2. The van der Waals surface area contributed by atoms with Gasteiger partial charge in [-0.2, -0.15) is 0 Å². The molecule has 3 N–H and O–H groups in total. The second kappa shape index (κ2) is 25.9. The van der Waals surface area contributed by atoms with Gasteiger partial charge in [-0.3, -0.25) is 14.4 Å². The molecule has 0 atom stereocenters. The molecule has 0 spiro atoms. The van der Waals surface area contributed by atoms with Crippen LogP contribution in [0.25, 0.3) is 0 Å². The van der Waals surface area contributed by atoms with Crippen LogP contribution in [0.15, 0.2) is 0 Å². The first-order valence-corrected chi connectivity index (χ1v) is 10.0. The van der Waals surface area contributed by atoms with Crippen molar-refractivity contribution in [2.24, 2.45) is 0 Å². The van der Waals surface area contributed by atoms with Gasteiger partial charge in [-0.25, -0.2) is 4.79 Å². The number of methoxy groups -OCH3 is 1. The molecule has 0 aliphatic rings. The maximum atomic E-state index is 10.3. The Hall–Kier alpha value is -2.16. The maximum Gasteiger partial charge on any atom is 0.407 e. The first-order valence-electron chi connectivity index (χ1n) is 10.0. The van der Waals surface area contributed by atoms with Crippen LogP contribution in [0.2, 0.25) is 0 Å². The lowest BCUT2D eigenvalue weighted by Crippen LogP contribution is -2.29. The van der Waals surface area contributed by atoms with Crippen LogP contribution in [0, 0.1) is 0 Å². The Bertz CT molecular complexity index is 444. The number of alkyl carbamates (subject to hydrolysis) is 1. The summed E-state index contributed by atoms with van der Waals surface area (Å²) in [6, 6.07) is 0.706. The molecule has 0 aromatic carbocycles. The van der Waals surface area contributed by atoms with E-state index in [4.69, 9.17) is 4.74 Å². The van der Waals surface area contributed by atoms with Crippen LogP contribution in [0.3, 0.4) is 0 Å². The predicted octanol–water partition coefficient (Wildman–Crippen LogP) is 3.45. The minimum atomic E-state index is -0.375. The van der Waals surface area contributed by atoms with E-state index in [1.54, 1.807) is 0 Å². The number of amides is 3. The van der Waals surface area contributed by atoms with Crippen molar-refractivity contribution in [2.75, 3.05) is 13.7 Å². The summed E-state index contributed by atoms with van der Waals surface area (Å²) >= 11 is 0. The molecule has 0 unspecified atom stereocenters. The molecular formula is C22H49N3O6. The summed E-state index contributed by atoms with van der Waals surface area (Å²) in [7, 11) is 1.34. The van der Waals surface area contributed by atoms with Gasteiger partial charge in [0, 0.05) is 32.0 Å². The second-order valence-electron chi connectivity index (χ2n) is 7.56. The van der Waals surface area contributed by atoms with Gasteiger partial charge in [0.1, 0.15) is 6.61 Å². The van der Waals surface area contributed by atoms with Crippen LogP contribution in [-0.4, -0.2) is 61.6 Å². The van der Waals surface area contributed by atoms with Crippen molar-refractivity contribution in [3.05, 3.63) is 0 Å². The summed E-state index contributed by atoms with van der Waals surface area (Å²) in [6.45, 7) is 20.1. The summed E-state index contributed by atoms with van der Waals surface area (Å²) in [6.07, 6.45) is -0.209. The van der Waals surface area contributed by atoms with E-state index in [2.05, 4.69) is 20.7 Å². The Morgan fingerprint density at radius 2 is 1.00 bits per heavy atom. The van der Waals surface area contributed by atoms with E-state index in [-0.39, 0.29) is 62.0 Å². The molecule has 188 valence electrons. The Kier molecular flexibility index (Phi) is 32.8. The summed E-state index contributed by atoms with van der Waals surface area (Å²) in [4.78, 5) is 40.8. The molecule has 9 nitrogen and oxygen atoms in total. The first kappa shape index (κ1) is 39.3. The number of carbonyl (C=O) groups excluding carboxylic acids is 4. The van der Waals surface area contributed by atoms with Crippen LogP contribution in [-0.2, 0) is 23.9 Å². The molecule has 31 heavy (non-hydrogen) atoms. The number of rotatable bonds is 6. The third-order valence-corrected chi connectivity index (χ3v) is 2.20. The molecule has 3 amide bonds.